The fraction of sp³-hybridized carbons (Fsp3) is 0.500. The second kappa shape index (κ2) is 6.08. The van der Waals surface area contributed by atoms with Crippen molar-refractivity contribution in [3.8, 4) is 0 Å². The number of benzene rings is 1. The third-order valence-corrected chi connectivity index (χ3v) is 4.07. The maximum absolute atomic E-state index is 13.8. The van der Waals surface area contributed by atoms with Gasteiger partial charge in [0.1, 0.15) is 11.4 Å². The van der Waals surface area contributed by atoms with E-state index in [2.05, 4.69) is 0 Å². The number of ether oxygens (including phenoxy) is 1. The number of hydrogen-bond donors (Lipinski definition) is 1. The Morgan fingerprint density at radius 1 is 1.60 bits per heavy atom. The van der Waals surface area contributed by atoms with Crippen molar-refractivity contribution in [2.24, 2.45) is 5.73 Å². The van der Waals surface area contributed by atoms with Crippen LogP contribution in [0.4, 0.5) is 4.39 Å². The zero-order valence-electron chi connectivity index (χ0n) is 11.4. The van der Waals surface area contributed by atoms with Crippen molar-refractivity contribution in [3.63, 3.8) is 0 Å². The van der Waals surface area contributed by atoms with Crippen molar-refractivity contribution in [2.75, 3.05) is 20.3 Å². The largest absolute Gasteiger partial charge is 0.382 e. The molecule has 1 heterocycles. The van der Waals surface area contributed by atoms with Gasteiger partial charge in [0.2, 0.25) is 5.91 Å². The molecular formula is C14H18ClFN2O2. The van der Waals surface area contributed by atoms with Gasteiger partial charge in [-0.05, 0) is 37.6 Å². The first-order valence-electron chi connectivity index (χ1n) is 6.47. The van der Waals surface area contributed by atoms with E-state index in [4.69, 9.17) is 22.1 Å². The SMILES string of the molecule is COCC1(C(N)=O)CCCN1Cc1cc(Cl)ccc1F. The minimum Gasteiger partial charge on any atom is -0.382 e. The number of amides is 1. The van der Waals surface area contributed by atoms with Crippen molar-refractivity contribution >= 4 is 17.5 Å². The number of carbonyl (C=O) groups excluding carboxylic acids is 1. The van der Waals surface area contributed by atoms with E-state index >= 15 is 0 Å². The first-order chi connectivity index (χ1) is 9.49. The summed E-state index contributed by atoms with van der Waals surface area (Å²) >= 11 is 5.90. The predicted octanol–water partition coefficient (Wildman–Crippen LogP) is 1.95. The van der Waals surface area contributed by atoms with Crippen molar-refractivity contribution < 1.29 is 13.9 Å². The summed E-state index contributed by atoms with van der Waals surface area (Å²) in [6.07, 6.45) is 1.45. The van der Waals surface area contributed by atoms with Gasteiger partial charge in [0.05, 0.1) is 6.61 Å². The van der Waals surface area contributed by atoms with Crippen LogP contribution in [0.5, 0.6) is 0 Å². The van der Waals surface area contributed by atoms with Gasteiger partial charge >= 0.3 is 0 Å². The maximum Gasteiger partial charge on any atom is 0.240 e. The van der Waals surface area contributed by atoms with Gasteiger partial charge in [0.25, 0.3) is 0 Å². The number of carbonyl (C=O) groups is 1. The fourth-order valence-corrected chi connectivity index (χ4v) is 2.98. The lowest BCUT2D eigenvalue weighted by molar-refractivity contribution is -0.132. The molecular weight excluding hydrogens is 283 g/mol. The molecule has 110 valence electrons. The summed E-state index contributed by atoms with van der Waals surface area (Å²) in [6.45, 7) is 1.18. The van der Waals surface area contributed by atoms with Crippen LogP contribution in [-0.4, -0.2) is 36.6 Å². The number of rotatable bonds is 5. The average Bonchev–Trinajstić information content (AvgIpc) is 2.79. The highest BCUT2D eigenvalue weighted by atomic mass is 35.5. The number of nitrogens with zero attached hydrogens (tertiary/aromatic N) is 1. The first kappa shape index (κ1) is 15.2. The predicted molar refractivity (Wildman–Crippen MR) is 74.9 cm³/mol. The van der Waals surface area contributed by atoms with E-state index in [9.17, 15) is 9.18 Å². The van der Waals surface area contributed by atoms with Gasteiger partial charge in [-0.1, -0.05) is 11.6 Å². The third-order valence-electron chi connectivity index (χ3n) is 3.83. The Kier molecular flexibility index (Phi) is 4.62. The Morgan fingerprint density at radius 2 is 2.35 bits per heavy atom. The molecule has 1 aromatic carbocycles. The van der Waals surface area contributed by atoms with Crippen LogP contribution in [0.15, 0.2) is 18.2 Å². The third kappa shape index (κ3) is 2.80. The van der Waals surface area contributed by atoms with Gasteiger partial charge in [-0.25, -0.2) is 4.39 Å². The number of hydrogen-bond acceptors (Lipinski definition) is 3. The lowest BCUT2D eigenvalue weighted by atomic mass is 9.95. The molecule has 1 saturated heterocycles. The second-order valence-corrected chi connectivity index (χ2v) is 5.53. The number of primary amides is 1. The van der Waals surface area contributed by atoms with Crippen LogP contribution in [0.2, 0.25) is 5.02 Å². The molecule has 0 saturated carbocycles. The molecule has 6 heteroatoms. The Labute approximate surface area is 122 Å². The summed E-state index contributed by atoms with van der Waals surface area (Å²) in [4.78, 5) is 13.7. The summed E-state index contributed by atoms with van der Waals surface area (Å²) in [5, 5.41) is 0.469. The standard InChI is InChI=1S/C14H18ClFN2O2/c1-20-9-14(13(17)19)5-2-6-18(14)8-10-7-11(15)3-4-12(10)16/h3-4,7H,2,5-6,8-9H2,1H3,(H2,17,19). The Balaban J connectivity index is 2.26. The van der Waals surface area contributed by atoms with Gasteiger partial charge in [0, 0.05) is 24.2 Å². The van der Waals surface area contributed by atoms with E-state index in [-0.39, 0.29) is 12.4 Å². The number of halogens is 2. The highest BCUT2D eigenvalue weighted by Gasteiger charge is 2.46. The summed E-state index contributed by atoms with van der Waals surface area (Å²) in [5.74, 6) is -0.767. The minimum atomic E-state index is -0.858. The Bertz CT molecular complexity index is 512. The van der Waals surface area contributed by atoms with Crippen molar-refractivity contribution in [1.29, 1.82) is 0 Å². The molecule has 1 aromatic rings. The van der Waals surface area contributed by atoms with Crippen LogP contribution >= 0.6 is 11.6 Å². The van der Waals surface area contributed by atoms with Crippen LogP contribution in [0.25, 0.3) is 0 Å². The van der Waals surface area contributed by atoms with E-state index in [0.29, 0.717) is 30.1 Å². The molecule has 0 bridgehead atoms. The van der Waals surface area contributed by atoms with Crippen LogP contribution < -0.4 is 5.73 Å². The van der Waals surface area contributed by atoms with Crippen LogP contribution in [0.3, 0.4) is 0 Å². The molecule has 1 aliphatic heterocycles. The topological polar surface area (TPSA) is 55.6 Å². The average molecular weight is 301 g/mol. The van der Waals surface area contributed by atoms with E-state index in [1.807, 2.05) is 4.90 Å². The lowest BCUT2D eigenvalue weighted by Gasteiger charge is -2.35. The van der Waals surface area contributed by atoms with Gasteiger partial charge in [0.15, 0.2) is 0 Å². The maximum atomic E-state index is 13.8. The zero-order valence-corrected chi connectivity index (χ0v) is 12.1. The molecule has 1 atom stereocenters. The zero-order chi connectivity index (χ0) is 14.8. The summed E-state index contributed by atoms with van der Waals surface area (Å²) < 4.78 is 19.0. The Morgan fingerprint density at radius 3 is 3.00 bits per heavy atom. The molecule has 2 rings (SSSR count). The van der Waals surface area contributed by atoms with Crippen molar-refractivity contribution in [1.82, 2.24) is 4.90 Å². The molecule has 4 nitrogen and oxygen atoms in total. The molecule has 1 aliphatic rings. The molecule has 2 N–H and O–H groups in total. The lowest BCUT2D eigenvalue weighted by Crippen LogP contribution is -2.56. The van der Waals surface area contributed by atoms with Crippen LogP contribution in [0, 0.1) is 5.82 Å². The van der Waals surface area contributed by atoms with E-state index in [1.54, 1.807) is 6.07 Å². The molecule has 0 aromatic heterocycles. The molecule has 1 fully saturated rings. The Hall–Kier alpha value is -1.17. The molecule has 0 radical (unpaired) electrons. The first-order valence-corrected chi connectivity index (χ1v) is 6.85. The quantitative estimate of drug-likeness (QED) is 0.904. The molecule has 20 heavy (non-hydrogen) atoms. The van der Waals surface area contributed by atoms with Crippen molar-refractivity contribution in [3.05, 3.63) is 34.6 Å². The summed E-state index contributed by atoms with van der Waals surface area (Å²) in [7, 11) is 1.53. The molecule has 0 aliphatic carbocycles. The highest BCUT2D eigenvalue weighted by molar-refractivity contribution is 6.30. The van der Waals surface area contributed by atoms with Crippen LogP contribution in [0.1, 0.15) is 18.4 Å². The van der Waals surface area contributed by atoms with Crippen molar-refractivity contribution in [2.45, 2.75) is 24.9 Å². The number of methoxy groups -OCH3 is 1. The molecule has 1 unspecified atom stereocenters. The van der Waals surface area contributed by atoms with Gasteiger partial charge in [-0.3, -0.25) is 9.69 Å². The molecule has 1 amide bonds. The van der Waals surface area contributed by atoms with Gasteiger partial charge in [-0.15, -0.1) is 0 Å². The van der Waals surface area contributed by atoms with Gasteiger partial charge < -0.3 is 10.5 Å². The number of likely N-dealkylation sites (tertiary alicyclic amines) is 1. The molecule has 0 spiro atoms. The van der Waals surface area contributed by atoms with Gasteiger partial charge in [-0.2, -0.15) is 0 Å². The second-order valence-electron chi connectivity index (χ2n) is 5.09. The van der Waals surface area contributed by atoms with E-state index in [1.165, 1.54) is 19.2 Å². The smallest absolute Gasteiger partial charge is 0.240 e. The monoisotopic (exact) mass is 300 g/mol. The summed E-state index contributed by atoms with van der Waals surface area (Å²) in [6, 6.07) is 4.41. The minimum absolute atomic E-state index is 0.213. The fourth-order valence-electron chi connectivity index (χ4n) is 2.79. The van der Waals surface area contributed by atoms with E-state index < -0.39 is 11.4 Å². The highest BCUT2D eigenvalue weighted by Crippen LogP contribution is 2.32. The normalized spacial score (nSPS) is 23.1. The summed E-state index contributed by atoms with van der Waals surface area (Å²) in [5.41, 5.74) is 5.15. The van der Waals surface area contributed by atoms with E-state index in [0.717, 1.165) is 6.42 Å². The number of nitrogens with two attached hydrogens (primary N) is 1. The van der Waals surface area contributed by atoms with Crippen LogP contribution in [-0.2, 0) is 16.1 Å².